The molecule has 0 bridgehead atoms. The first-order valence-electron chi connectivity index (χ1n) is 7.83. The number of benzene rings is 3. The highest BCUT2D eigenvalue weighted by Crippen LogP contribution is 2.32. The number of ether oxygens (including phenoxy) is 1. The van der Waals surface area contributed by atoms with E-state index in [0.29, 0.717) is 28.0 Å². The standard InChI is InChI=1S/C20H12F2N2O2/c21-15-10-9-12(11-16(15)22)26-18-8-4-2-6-14(18)19-23-17-7-3-1-5-13(17)20(25)24-19/h1-11H,(H,23,24,25). The molecular weight excluding hydrogens is 338 g/mol. The lowest BCUT2D eigenvalue weighted by Gasteiger charge is -2.11. The minimum atomic E-state index is -1.00. The fourth-order valence-corrected chi connectivity index (χ4v) is 2.63. The van der Waals surface area contributed by atoms with Gasteiger partial charge in [0.1, 0.15) is 17.3 Å². The van der Waals surface area contributed by atoms with Crippen LogP contribution in [0.5, 0.6) is 11.5 Å². The lowest BCUT2D eigenvalue weighted by Crippen LogP contribution is -2.09. The van der Waals surface area contributed by atoms with Crippen LogP contribution in [-0.2, 0) is 0 Å². The van der Waals surface area contributed by atoms with E-state index in [1.54, 1.807) is 48.5 Å². The molecule has 0 aliphatic heterocycles. The number of H-pyrrole nitrogens is 1. The second-order valence-corrected chi connectivity index (χ2v) is 5.61. The maximum absolute atomic E-state index is 13.4. The van der Waals surface area contributed by atoms with Crippen LogP contribution in [0.4, 0.5) is 8.78 Å². The number of halogens is 2. The highest BCUT2D eigenvalue weighted by molar-refractivity contribution is 5.80. The van der Waals surface area contributed by atoms with Crippen molar-refractivity contribution in [2.45, 2.75) is 0 Å². The molecule has 0 saturated heterocycles. The summed E-state index contributed by atoms with van der Waals surface area (Å²) >= 11 is 0. The van der Waals surface area contributed by atoms with Crippen molar-refractivity contribution in [1.82, 2.24) is 9.97 Å². The largest absolute Gasteiger partial charge is 0.456 e. The molecule has 1 N–H and O–H groups in total. The Kier molecular flexibility index (Phi) is 3.93. The van der Waals surface area contributed by atoms with Crippen LogP contribution in [0.15, 0.2) is 71.5 Å². The monoisotopic (exact) mass is 350 g/mol. The molecule has 1 heterocycles. The van der Waals surface area contributed by atoms with Crippen LogP contribution >= 0.6 is 0 Å². The molecule has 128 valence electrons. The van der Waals surface area contributed by atoms with Crippen molar-refractivity contribution >= 4 is 10.9 Å². The third-order valence-electron chi connectivity index (χ3n) is 3.87. The Morgan fingerprint density at radius 3 is 2.50 bits per heavy atom. The average Bonchev–Trinajstić information content (AvgIpc) is 2.65. The molecule has 3 aromatic carbocycles. The van der Waals surface area contributed by atoms with Crippen LogP contribution in [0.3, 0.4) is 0 Å². The number of nitrogens with zero attached hydrogens (tertiary/aromatic N) is 1. The number of para-hydroxylation sites is 2. The van der Waals surface area contributed by atoms with Gasteiger partial charge in [0.15, 0.2) is 11.6 Å². The topological polar surface area (TPSA) is 55.0 Å². The van der Waals surface area contributed by atoms with Gasteiger partial charge in [0.05, 0.1) is 16.5 Å². The lowest BCUT2D eigenvalue weighted by molar-refractivity contribution is 0.462. The first-order valence-corrected chi connectivity index (χ1v) is 7.83. The van der Waals surface area contributed by atoms with Crippen molar-refractivity contribution in [3.05, 3.63) is 88.7 Å². The van der Waals surface area contributed by atoms with Gasteiger partial charge in [-0.1, -0.05) is 24.3 Å². The minimum Gasteiger partial charge on any atom is -0.456 e. The zero-order chi connectivity index (χ0) is 18.1. The SMILES string of the molecule is O=c1[nH]c(-c2ccccc2Oc2ccc(F)c(F)c2)nc2ccccc12. The summed E-state index contributed by atoms with van der Waals surface area (Å²) in [5, 5.41) is 0.482. The third-order valence-corrected chi connectivity index (χ3v) is 3.87. The Hall–Kier alpha value is -3.54. The van der Waals surface area contributed by atoms with E-state index in [-0.39, 0.29) is 11.3 Å². The maximum Gasteiger partial charge on any atom is 0.259 e. The van der Waals surface area contributed by atoms with Gasteiger partial charge in [-0.05, 0) is 36.4 Å². The van der Waals surface area contributed by atoms with Gasteiger partial charge >= 0.3 is 0 Å². The van der Waals surface area contributed by atoms with E-state index in [1.807, 2.05) is 0 Å². The van der Waals surface area contributed by atoms with Gasteiger partial charge in [0.25, 0.3) is 5.56 Å². The molecule has 0 amide bonds. The summed E-state index contributed by atoms with van der Waals surface area (Å²) in [7, 11) is 0. The van der Waals surface area contributed by atoms with E-state index >= 15 is 0 Å². The number of rotatable bonds is 3. The van der Waals surface area contributed by atoms with E-state index in [4.69, 9.17) is 4.74 Å². The van der Waals surface area contributed by atoms with Crippen LogP contribution in [0.25, 0.3) is 22.3 Å². The molecule has 0 fully saturated rings. The molecule has 0 aliphatic carbocycles. The fourth-order valence-electron chi connectivity index (χ4n) is 2.63. The van der Waals surface area contributed by atoms with Crippen LogP contribution in [0.2, 0.25) is 0 Å². The Morgan fingerprint density at radius 1 is 0.885 bits per heavy atom. The van der Waals surface area contributed by atoms with E-state index in [1.165, 1.54) is 6.07 Å². The number of aromatic amines is 1. The van der Waals surface area contributed by atoms with Crippen LogP contribution < -0.4 is 10.3 Å². The molecule has 0 saturated carbocycles. The molecule has 0 atom stereocenters. The zero-order valence-corrected chi connectivity index (χ0v) is 13.4. The van der Waals surface area contributed by atoms with E-state index in [9.17, 15) is 13.6 Å². The Morgan fingerprint density at radius 2 is 1.65 bits per heavy atom. The number of nitrogens with one attached hydrogen (secondary N) is 1. The molecule has 0 spiro atoms. The van der Waals surface area contributed by atoms with Crippen LogP contribution in [0, 0.1) is 11.6 Å². The molecular formula is C20H12F2N2O2. The Labute approximate surface area is 146 Å². The fraction of sp³-hybridized carbons (Fsp3) is 0. The maximum atomic E-state index is 13.4. The predicted molar refractivity (Wildman–Crippen MR) is 94.2 cm³/mol. The molecule has 0 unspecified atom stereocenters. The summed E-state index contributed by atoms with van der Waals surface area (Å²) in [5.74, 6) is -1.13. The smallest absolute Gasteiger partial charge is 0.259 e. The summed E-state index contributed by atoms with van der Waals surface area (Å²) in [6, 6.07) is 17.1. The first-order chi connectivity index (χ1) is 12.6. The zero-order valence-electron chi connectivity index (χ0n) is 13.4. The highest BCUT2D eigenvalue weighted by Gasteiger charge is 2.12. The van der Waals surface area contributed by atoms with Gasteiger partial charge in [-0.2, -0.15) is 0 Å². The highest BCUT2D eigenvalue weighted by atomic mass is 19.2. The van der Waals surface area contributed by atoms with Gasteiger partial charge in [-0.3, -0.25) is 4.79 Å². The normalized spacial score (nSPS) is 10.8. The second kappa shape index (κ2) is 6.40. The molecule has 1 aromatic heterocycles. The van der Waals surface area contributed by atoms with Gasteiger partial charge in [0.2, 0.25) is 0 Å². The van der Waals surface area contributed by atoms with Crippen molar-refractivity contribution in [3.8, 4) is 22.9 Å². The lowest BCUT2D eigenvalue weighted by atomic mass is 10.1. The van der Waals surface area contributed by atoms with Gasteiger partial charge < -0.3 is 9.72 Å². The Bertz CT molecular complexity index is 1170. The van der Waals surface area contributed by atoms with Gasteiger partial charge in [-0.15, -0.1) is 0 Å². The van der Waals surface area contributed by atoms with Gasteiger partial charge in [0, 0.05) is 6.07 Å². The van der Waals surface area contributed by atoms with Crippen molar-refractivity contribution < 1.29 is 13.5 Å². The van der Waals surface area contributed by atoms with Crippen LogP contribution in [-0.4, -0.2) is 9.97 Å². The van der Waals surface area contributed by atoms with E-state index in [2.05, 4.69) is 9.97 Å². The number of hydrogen-bond acceptors (Lipinski definition) is 3. The summed E-state index contributed by atoms with van der Waals surface area (Å²) in [6.45, 7) is 0. The van der Waals surface area contributed by atoms with Crippen molar-refractivity contribution in [2.24, 2.45) is 0 Å². The third kappa shape index (κ3) is 2.93. The molecule has 0 radical (unpaired) electrons. The first kappa shape index (κ1) is 16.0. The average molecular weight is 350 g/mol. The summed E-state index contributed by atoms with van der Waals surface area (Å²) in [5.41, 5.74) is 0.808. The molecule has 4 aromatic rings. The second-order valence-electron chi connectivity index (χ2n) is 5.61. The predicted octanol–water partition coefficient (Wildman–Crippen LogP) is 4.66. The molecule has 6 heteroatoms. The van der Waals surface area contributed by atoms with Crippen molar-refractivity contribution in [2.75, 3.05) is 0 Å². The molecule has 4 nitrogen and oxygen atoms in total. The minimum absolute atomic E-state index is 0.138. The molecule has 4 rings (SSSR count). The van der Waals surface area contributed by atoms with E-state index < -0.39 is 11.6 Å². The quantitative estimate of drug-likeness (QED) is 0.585. The van der Waals surface area contributed by atoms with Crippen molar-refractivity contribution in [3.63, 3.8) is 0 Å². The Balaban J connectivity index is 1.81. The molecule has 26 heavy (non-hydrogen) atoms. The number of fused-ring (bicyclic) bond motifs is 1. The van der Waals surface area contributed by atoms with Crippen LogP contribution in [0.1, 0.15) is 0 Å². The summed E-state index contributed by atoms with van der Waals surface area (Å²) in [6.07, 6.45) is 0. The van der Waals surface area contributed by atoms with Gasteiger partial charge in [-0.25, -0.2) is 13.8 Å². The number of aromatic nitrogens is 2. The molecule has 0 aliphatic rings. The summed E-state index contributed by atoms with van der Waals surface area (Å²) in [4.78, 5) is 19.5. The van der Waals surface area contributed by atoms with E-state index in [0.717, 1.165) is 12.1 Å². The number of hydrogen-bond donors (Lipinski definition) is 1. The summed E-state index contributed by atoms with van der Waals surface area (Å²) < 4.78 is 32.2. The van der Waals surface area contributed by atoms with Crippen molar-refractivity contribution in [1.29, 1.82) is 0 Å².